The second-order valence-corrected chi connectivity index (χ2v) is 3.83. The number of nitrogens with one attached hydrogen (secondary N) is 1. The van der Waals surface area contributed by atoms with Crippen LogP contribution in [0, 0.1) is 0 Å². The number of carbonyl (C=O) groups is 2. The Labute approximate surface area is 94.2 Å². The number of hydrogen-bond donors (Lipinski definition) is 1. The average Bonchev–Trinajstić information content (AvgIpc) is 2.60. The van der Waals surface area contributed by atoms with E-state index in [9.17, 15) is 9.59 Å². The van der Waals surface area contributed by atoms with Gasteiger partial charge in [-0.05, 0) is 13.8 Å². The number of ether oxygens (including phenoxy) is 3. The molecule has 92 valence electrons. The van der Waals surface area contributed by atoms with Gasteiger partial charge in [-0.25, -0.2) is 4.79 Å². The summed E-state index contributed by atoms with van der Waals surface area (Å²) >= 11 is 0. The number of esters is 1. The van der Waals surface area contributed by atoms with Gasteiger partial charge >= 0.3 is 12.1 Å². The molecule has 1 N–H and O–H groups in total. The molecule has 0 aromatic rings. The summed E-state index contributed by atoms with van der Waals surface area (Å²) in [7, 11) is 1.33. The van der Waals surface area contributed by atoms with Crippen molar-refractivity contribution in [2.24, 2.45) is 0 Å². The Morgan fingerprint density at radius 2 is 2.19 bits per heavy atom. The summed E-state index contributed by atoms with van der Waals surface area (Å²) in [6.07, 6.45) is -0.676. The van der Waals surface area contributed by atoms with Crippen LogP contribution in [-0.2, 0) is 19.0 Å². The fraction of sp³-hybridized carbons (Fsp3) is 0.800. The fourth-order valence-corrected chi connectivity index (χ4v) is 1.69. The van der Waals surface area contributed by atoms with E-state index >= 15 is 0 Å². The Morgan fingerprint density at radius 3 is 2.75 bits per heavy atom. The predicted octanol–water partition coefficient (Wildman–Crippen LogP) is 0.453. The molecule has 16 heavy (non-hydrogen) atoms. The largest absolute Gasteiger partial charge is 0.508 e. The Balaban J connectivity index is 2.46. The molecule has 1 aliphatic heterocycles. The van der Waals surface area contributed by atoms with Gasteiger partial charge in [-0.1, -0.05) is 0 Å². The Morgan fingerprint density at radius 1 is 1.50 bits per heavy atom. The summed E-state index contributed by atoms with van der Waals surface area (Å²) in [6, 6.07) is 0. The molecule has 1 aliphatic rings. The topological polar surface area (TPSA) is 73.9 Å². The smallest absolute Gasteiger partial charge is 0.468 e. The molecule has 0 saturated carbocycles. The Kier molecular flexibility index (Phi) is 4.12. The van der Waals surface area contributed by atoms with Crippen molar-refractivity contribution in [2.45, 2.75) is 31.9 Å². The van der Waals surface area contributed by atoms with E-state index in [4.69, 9.17) is 4.74 Å². The van der Waals surface area contributed by atoms with Crippen LogP contribution in [-0.4, -0.2) is 44.0 Å². The number of hydrogen-bond acceptors (Lipinski definition) is 6. The third-order valence-corrected chi connectivity index (χ3v) is 2.52. The van der Waals surface area contributed by atoms with Gasteiger partial charge in [-0.3, -0.25) is 10.1 Å². The molecule has 0 aliphatic carbocycles. The first-order valence-corrected chi connectivity index (χ1v) is 5.18. The molecular formula is C10H17NO5. The summed E-state index contributed by atoms with van der Waals surface area (Å²) in [5, 5.41) is 2.97. The normalized spacial score (nSPS) is 28.6. The van der Waals surface area contributed by atoms with Crippen LogP contribution in [0.2, 0.25) is 0 Å². The van der Waals surface area contributed by atoms with E-state index < -0.39 is 11.7 Å². The van der Waals surface area contributed by atoms with E-state index in [0.29, 0.717) is 13.0 Å². The zero-order valence-electron chi connectivity index (χ0n) is 9.74. The minimum absolute atomic E-state index is 0.271. The summed E-state index contributed by atoms with van der Waals surface area (Å²) in [5.74, 6) is -0.359. The van der Waals surface area contributed by atoms with Gasteiger partial charge in [-0.2, -0.15) is 0 Å². The third-order valence-electron chi connectivity index (χ3n) is 2.52. The van der Waals surface area contributed by atoms with Crippen LogP contribution >= 0.6 is 0 Å². The number of methoxy groups -OCH3 is 1. The molecule has 0 radical (unpaired) electrons. The average molecular weight is 231 g/mol. The highest BCUT2D eigenvalue weighted by molar-refractivity contribution is 5.80. The van der Waals surface area contributed by atoms with Crippen LogP contribution in [0.25, 0.3) is 0 Å². The van der Waals surface area contributed by atoms with Crippen LogP contribution in [0.4, 0.5) is 4.79 Å². The van der Waals surface area contributed by atoms with Gasteiger partial charge in [0.25, 0.3) is 0 Å². The van der Waals surface area contributed by atoms with E-state index in [0.717, 1.165) is 0 Å². The van der Waals surface area contributed by atoms with Crippen LogP contribution in [0.3, 0.4) is 0 Å². The first-order valence-electron chi connectivity index (χ1n) is 5.18. The van der Waals surface area contributed by atoms with Gasteiger partial charge in [0.05, 0.1) is 13.7 Å². The van der Waals surface area contributed by atoms with Crippen molar-refractivity contribution in [1.82, 2.24) is 5.32 Å². The maximum Gasteiger partial charge on any atom is 0.508 e. The monoisotopic (exact) mass is 231 g/mol. The molecule has 1 fully saturated rings. The highest BCUT2D eigenvalue weighted by atomic mass is 16.7. The zero-order valence-corrected chi connectivity index (χ0v) is 9.74. The molecule has 1 saturated heterocycles. The van der Waals surface area contributed by atoms with Gasteiger partial charge in [0, 0.05) is 13.0 Å². The third kappa shape index (κ3) is 2.85. The SMILES string of the molecule is CCOC(=O)OC1CN[C@@](C)(C(=O)OC)C1. The van der Waals surface area contributed by atoms with Gasteiger partial charge in [0.2, 0.25) is 0 Å². The maximum absolute atomic E-state index is 11.4. The zero-order chi connectivity index (χ0) is 12.2. The summed E-state index contributed by atoms with van der Waals surface area (Å²) in [5.41, 5.74) is -0.786. The van der Waals surface area contributed by atoms with Crippen LogP contribution < -0.4 is 5.32 Å². The molecule has 1 heterocycles. The summed E-state index contributed by atoms with van der Waals surface area (Å²) < 4.78 is 14.3. The first kappa shape index (κ1) is 12.8. The quantitative estimate of drug-likeness (QED) is 0.711. The molecule has 1 unspecified atom stereocenters. The lowest BCUT2D eigenvalue weighted by Gasteiger charge is -2.20. The van der Waals surface area contributed by atoms with Crippen LogP contribution in [0.1, 0.15) is 20.3 Å². The lowest BCUT2D eigenvalue weighted by Crippen LogP contribution is -2.45. The maximum atomic E-state index is 11.4. The Hall–Kier alpha value is -1.30. The minimum atomic E-state index is -0.786. The van der Waals surface area contributed by atoms with Crippen molar-refractivity contribution in [3.8, 4) is 0 Å². The molecule has 1 rings (SSSR count). The predicted molar refractivity (Wildman–Crippen MR) is 54.9 cm³/mol. The lowest BCUT2D eigenvalue weighted by molar-refractivity contribution is -0.147. The first-order chi connectivity index (χ1) is 7.51. The van der Waals surface area contributed by atoms with E-state index in [1.54, 1.807) is 13.8 Å². The van der Waals surface area contributed by atoms with Gasteiger partial charge in [-0.15, -0.1) is 0 Å². The fourth-order valence-electron chi connectivity index (χ4n) is 1.69. The highest BCUT2D eigenvalue weighted by Crippen LogP contribution is 2.22. The van der Waals surface area contributed by atoms with Crippen molar-refractivity contribution in [3.05, 3.63) is 0 Å². The molecule has 0 bridgehead atoms. The van der Waals surface area contributed by atoms with Gasteiger partial charge in [0.1, 0.15) is 11.6 Å². The van der Waals surface area contributed by atoms with Crippen molar-refractivity contribution in [3.63, 3.8) is 0 Å². The van der Waals surface area contributed by atoms with E-state index in [2.05, 4.69) is 14.8 Å². The van der Waals surface area contributed by atoms with Crippen molar-refractivity contribution in [2.75, 3.05) is 20.3 Å². The second kappa shape index (κ2) is 5.16. The Bertz CT molecular complexity index is 280. The molecular weight excluding hydrogens is 214 g/mol. The number of carbonyl (C=O) groups excluding carboxylic acids is 2. The van der Waals surface area contributed by atoms with E-state index in [1.807, 2.05) is 0 Å². The van der Waals surface area contributed by atoms with Crippen molar-refractivity contribution in [1.29, 1.82) is 0 Å². The van der Waals surface area contributed by atoms with Gasteiger partial charge in [0.15, 0.2) is 0 Å². The second-order valence-electron chi connectivity index (χ2n) is 3.83. The molecule has 6 nitrogen and oxygen atoms in total. The van der Waals surface area contributed by atoms with Crippen LogP contribution in [0.15, 0.2) is 0 Å². The highest BCUT2D eigenvalue weighted by Gasteiger charge is 2.43. The van der Waals surface area contributed by atoms with Gasteiger partial charge < -0.3 is 14.2 Å². The van der Waals surface area contributed by atoms with Crippen molar-refractivity contribution >= 4 is 12.1 Å². The molecule has 0 spiro atoms. The molecule has 6 heteroatoms. The number of rotatable bonds is 3. The van der Waals surface area contributed by atoms with E-state index in [1.165, 1.54) is 7.11 Å². The standard InChI is InChI=1S/C10H17NO5/c1-4-15-9(13)16-7-5-10(2,11-6-7)8(12)14-3/h7,11H,4-6H2,1-3H3/t7?,10-/m1/s1. The summed E-state index contributed by atoms with van der Waals surface area (Å²) in [4.78, 5) is 22.5. The lowest BCUT2D eigenvalue weighted by atomic mass is 10.00. The molecule has 0 amide bonds. The molecule has 0 aromatic heterocycles. The molecule has 0 aromatic carbocycles. The van der Waals surface area contributed by atoms with Crippen LogP contribution in [0.5, 0.6) is 0 Å². The molecule has 2 atom stereocenters. The minimum Gasteiger partial charge on any atom is -0.468 e. The van der Waals surface area contributed by atoms with E-state index in [-0.39, 0.29) is 18.7 Å². The van der Waals surface area contributed by atoms with Crippen molar-refractivity contribution < 1.29 is 23.8 Å². The summed E-state index contributed by atoms with van der Waals surface area (Å²) in [6.45, 7) is 4.11.